The molecule has 0 aromatic heterocycles. The SMILES string of the molecule is O=C(CCOCCOCCNC(=O)C1CCC(C(=O)C2CCCCCCCC2)CC1)ON1C(=O)CC(S(=O)(=O)O)C1=O. The summed E-state index contributed by atoms with van der Waals surface area (Å²) >= 11 is 0. The van der Waals surface area contributed by atoms with Gasteiger partial charge in [-0.1, -0.05) is 38.5 Å². The summed E-state index contributed by atoms with van der Waals surface area (Å²) in [6.45, 7) is 0.878. The summed E-state index contributed by atoms with van der Waals surface area (Å²) in [4.78, 5) is 65.6. The zero-order valence-corrected chi connectivity index (χ0v) is 24.9. The number of ketones is 1. The Morgan fingerprint density at radius 3 is 1.93 bits per heavy atom. The van der Waals surface area contributed by atoms with Crippen molar-refractivity contribution < 1.29 is 51.3 Å². The number of amides is 3. The molecule has 3 aliphatic rings. The Bertz CT molecular complexity index is 1050. The van der Waals surface area contributed by atoms with Crippen molar-refractivity contribution in [2.75, 3.05) is 33.0 Å². The van der Waals surface area contributed by atoms with E-state index < -0.39 is 39.6 Å². The van der Waals surface area contributed by atoms with E-state index in [-0.39, 0.29) is 61.6 Å². The van der Waals surface area contributed by atoms with Crippen LogP contribution in [0.3, 0.4) is 0 Å². The lowest BCUT2D eigenvalue weighted by molar-refractivity contribution is -0.198. The number of rotatable bonds is 14. The number of Topliss-reactive ketones (excluding diaryl/α,β-unsaturated/α-hetero) is 1. The minimum absolute atomic E-state index is 0.0143. The van der Waals surface area contributed by atoms with Crippen molar-refractivity contribution in [1.82, 2.24) is 10.4 Å². The highest BCUT2D eigenvalue weighted by atomic mass is 32.2. The summed E-state index contributed by atoms with van der Waals surface area (Å²) in [5, 5.41) is 0.954. The molecule has 13 nitrogen and oxygen atoms in total. The minimum atomic E-state index is -4.79. The van der Waals surface area contributed by atoms with Crippen molar-refractivity contribution in [2.24, 2.45) is 17.8 Å². The lowest BCUT2D eigenvalue weighted by Gasteiger charge is -2.29. The normalized spacial score (nSPS) is 24.5. The average molecular weight is 617 g/mol. The van der Waals surface area contributed by atoms with Gasteiger partial charge in [0.2, 0.25) is 5.91 Å². The highest BCUT2D eigenvalue weighted by Crippen LogP contribution is 2.34. The van der Waals surface area contributed by atoms with Crippen LogP contribution < -0.4 is 5.32 Å². The Balaban J connectivity index is 1.19. The van der Waals surface area contributed by atoms with Crippen molar-refractivity contribution in [3.8, 4) is 0 Å². The highest BCUT2D eigenvalue weighted by molar-refractivity contribution is 7.87. The number of hydroxylamine groups is 2. The molecule has 1 unspecified atom stereocenters. The molecule has 0 aromatic carbocycles. The number of nitrogens with zero attached hydrogens (tertiary/aromatic N) is 1. The molecular formula is C28H44N2O11S. The quantitative estimate of drug-likeness (QED) is 0.166. The lowest BCUT2D eigenvalue weighted by atomic mass is 9.75. The maximum atomic E-state index is 13.1. The van der Waals surface area contributed by atoms with Gasteiger partial charge in [-0.25, -0.2) is 4.79 Å². The van der Waals surface area contributed by atoms with E-state index in [4.69, 9.17) is 14.0 Å². The lowest BCUT2D eigenvalue weighted by Crippen LogP contribution is -2.37. The molecule has 1 heterocycles. The molecule has 0 bridgehead atoms. The van der Waals surface area contributed by atoms with Crippen LogP contribution in [0.5, 0.6) is 0 Å². The van der Waals surface area contributed by atoms with Gasteiger partial charge in [0, 0.05) is 24.3 Å². The number of nitrogens with one attached hydrogen (secondary N) is 1. The largest absolute Gasteiger partial charge is 0.378 e. The standard InChI is InChI=1S/C28H44N2O11S/c31-24-19-23(42(36,37)38)28(35)30(24)41-25(32)13-15-39-17-18-40-16-14-29-27(34)22-11-9-21(10-12-22)26(33)20-7-5-3-1-2-4-6-8-20/h20-23H,1-19H2,(H,29,34)(H,36,37,38). The van der Waals surface area contributed by atoms with Gasteiger partial charge in [-0.2, -0.15) is 8.42 Å². The molecule has 238 valence electrons. The van der Waals surface area contributed by atoms with Gasteiger partial charge in [-0.3, -0.25) is 23.7 Å². The van der Waals surface area contributed by atoms with Crippen LogP contribution in [0, 0.1) is 17.8 Å². The second-order valence-corrected chi connectivity index (χ2v) is 12.9. The van der Waals surface area contributed by atoms with Crippen LogP contribution in [0.2, 0.25) is 0 Å². The van der Waals surface area contributed by atoms with Crippen molar-refractivity contribution in [3.63, 3.8) is 0 Å². The average Bonchev–Trinajstić information content (AvgIpc) is 3.32. The molecule has 3 rings (SSSR count). The van der Waals surface area contributed by atoms with Crippen molar-refractivity contribution in [2.45, 2.75) is 95.1 Å². The fourth-order valence-electron chi connectivity index (χ4n) is 5.82. The molecular weight excluding hydrogens is 572 g/mol. The third-order valence-corrected chi connectivity index (χ3v) is 9.33. The first-order chi connectivity index (χ1) is 20.1. The Kier molecular flexibility index (Phi) is 13.8. The van der Waals surface area contributed by atoms with E-state index >= 15 is 0 Å². The summed E-state index contributed by atoms with van der Waals surface area (Å²) in [6.07, 6.45) is 11.2. The van der Waals surface area contributed by atoms with Gasteiger partial charge in [-0.15, -0.1) is 5.06 Å². The van der Waals surface area contributed by atoms with E-state index in [9.17, 15) is 32.4 Å². The Hall–Kier alpha value is -2.42. The molecule has 14 heteroatoms. The number of hydrogen-bond acceptors (Lipinski definition) is 10. The second kappa shape index (κ2) is 17.0. The van der Waals surface area contributed by atoms with Crippen molar-refractivity contribution >= 4 is 39.6 Å². The van der Waals surface area contributed by atoms with E-state index in [0.717, 1.165) is 51.4 Å². The highest BCUT2D eigenvalue weighted by Gasteiger charge is 2.48. The van der Waals surface area contributed by atoms with Gasteiger partial charge in [0.25, 0.3) is 21.9 Å². The molecule has 0 spiro atoms. The summed E-state index contributed by atoms with van der Waals surface area (Å²) in [7, 11) is -4.79. The Morgan fingerprint density at radius 1 is 0.786 bits per heavy atom. The number of carbonyl (C=O) groups is 5. The molecule has 1 aliphatic heterocycles. The van der Waals surface area contributed by atoms with Gasteiger partial charge in [-0.05, 0) is 38.5 Å². The summed E-state index contributed by atoms with van der Waals surface area (Å²) in [5.41, 5.74) is 0. The maximum Gasteiger partial charge on any atom is 0.335 e. The number of hydrogen-bond donors (Lipinski definition) is 2. The predicted octanol–water partition coefficient (Wildman–Crippen LogP) is 2.13. The van der Waals surface area contributed by atoms with Crippen molar-refractivity contribution in [1.29, 1.82) is 0 Å². The number of imide groups is 1. The third kappa shape index (κ3) is 10.7. The van der Waals surface area contributed by atoms with Crippen LogP contribution in [0.25, 0.3) is 0 Å². The molecule has 0 aromatic rings. The molecule has 2 N–H and O–H groups in total. The van der Waals surface area contributed by atoms with Gasteiger partial charge >= 0.3 is 5.97 Å². The first-order valence-corrected chi connectivity index (χ1v) is 16.6. The predicted molar refractivity (Wildman–Crippen MR) is 148 cm³/mol. The maximum absolute atomic E-state index is 13.1. The smallest absolute Gasteiger partial charge is 0.335 e. The van der Waals surface area contributed by atoms with Gasteiger partial charge in [0.1, 0.15) is 5.78 Å². The molecule has 3 fully saturated rings. The zero-order valence-electron chi connectivity index (χ0n) is 24.1. The minimum Gasteiger partial charge on any atom is -0.378 e. The fraction of sp³-hybridized carbons (Fsp3) is 0.821. The monoisotopic (exact) mass is 616 g/mol. The van der Waals surface area contributed by atoms with Crippen molar-refractivity contribution in [3.05, 3.63) is 0 Å². The van der Waals surface area contributed by atoms with E-state index in [1.165, 1.54) is 25.7 Å². The molecule has 42 heavy (non-hydrogen) atoms. The van der Waals surface area contributed by atoms with Crippen LogP contribution >= 0.6 is 0 Å². The van der Waals surface area contributed by atoms with E-state index in [2.05, 4.69) is 10.2 Å². The first kappa shape index (κ1) is 34.1. The fourth-order valence-corrected chi connectivity index (χ4v) is 6.52. The molecule has 2 aliphatic carbocycles. The van der Waals surface area contributed by atoms with Gasteiger partial charge in [0.15, 0.2) is 5.25 Å². The van der Waals surface area contributed by atoms with Gasteiger partial charge in [0.05, 0.1) is 39.3 Å². The summed E-state index contributed by atoms with van der Waals surface area (Å²) in [5.74, 6) is -2.73. The van der Waals surface area contributed by atoms with Crippen LogP contribution in [-0.2, 0) is 48.4 Å². The van der Waals surface area contributed by atoms with E-state index in [1.807, 2.05) is 0 Å². The first-order valence-electron chi connectivity index (χ1n) is 15.1. The molecule has 3 amide bonds. The Labute approximate surface area is 247 Å². The van der Waals surface area contributed by atoms with E-state index in [1.54, 1.807) is 0 Å². The second-order valence-electron chi connectivity index (χ2n) is 11.3. The van der Waals surface area contributed by atoms with Crippen LogP contribution in [0.15, 0.2) is 0 Å². The summed E-state index contributed by atoms with van der Waals surface area (Å²) in [6, 6.07) is 0. The number of ether oxygens (including phenoxy) is 2. The summed E-state index contributed by atoms with van der Waals surface area (Å²) < 4.78 is 41.9. The zero-order chi connectivity index (χ0) is 30.5. The van der Waals surface area contributed by atoms with E-state index in [0.29, 0.717) is 12.3 Å². The van der Waals surface area contributed by atoms with Crippen LogP contribution in [-0.4, -0.2) is 85.7 Å². The molecule has 1 saturated heterocycles. The van der Waals surface area contributed by atoms with Gasteiger partial charge < -0.3 is 19.6 Å². The van der Waals surface area contributed by atoms with Crippen LogP contribution in [0.1, 0.15) is 89.9 Å². The molecule has 2 saturated carbocycles. The molecule has 0 radical (unpaired) electrons. The topological polar surface area (TPSA) is 183 Å². The third-order valence-electron chi connectivity index (χ3n) is 8.24. The Morgan fingerprint density at radius 2 is 1.33 bits per heavy atom. The molecule has 1 atom stereocenters. The van der Waals surface area contributed by atoms with Crippen LogP contribution in [0.4, 0.5) is 0 Å². The number of carbonyl (C=O) groups excluding carboxylic acids is 5.